The average Bonchev–Trinajstić information content (AvgIpc) is 2.71. The minimum absolute atomic E-state index is 0.117. The molecule has 5 nitrogen and oxygen atoms in total. The maximum atomic E-state index is 10.3. The highest BCUT2D eigenvalue weighted by Gasteiger charge is 2.01. The van der Waals surface area contributed by atoms with E-state index < -0.39 is 5.97 Å². The lowest BCUT2D eigenvalue weighted by molar-refractivity contribution is -0.137. The molecule has 0 spiro atoms. The van der Waals surface area contributed by atoms with E-state index >= 15 is 0 Å². The number of ether oxygens (including phenoxy) is 1. The molecule has 16 heavy (non-hydrogen) atoms. The van der Waals surface area contributed by atoms with Crippen LogP contribution in [0.4, 0.5) is 0 Å². The van der Waals surface area contributed by atoms with Crippen LogP contribution in [-0.4, -0.2) is 22.7 Å². The Kier molecular flexibility index (Phi) is 3.05. The number of nitrogens with zero attached hydrogens (tertiary/aromatic N) is 1. The lowest BCUT2D eigenvalue weighted by Crippen LogP contribution is -2.01. The zero-order valence-electron chi connectivity index (χ0n) is 8.55. The Labute approximate surface area is 91.7 Å². The third kappa shape index (κ3) is 2.50. The number of aliphatic carboxylic acids is 1. The molecule has 0 atom stereocenters. The van der Waals surface area contributed by atoms with Crippen molar-refractivity contribution < 1.29 is 19.1 Å². The van der Waals surface area contributed by atoms with Crippen LogP contribution in [-0.2, 0) is 4.79 Å². The van der Waals surface area contributed by atoms with Crippen molar-refractivity contribution in [2.75, 3.05) is 6.61 Å². The van der Waals surface area contributed by atoms with Crippen LogP contribution in [0.1, 0.15) is 12.8 Å². The number of hydrogen-bond donors (Lipinski definition) is 1. The lowest BCUT2D eigenvalue weighted by Gasteiger charge is -2.04. The van der Waals surface area contributed by atoms with Gasteiger partial charge in [0.2, 0.25) is 0 Å². The number of rotatable bonds is 5. The molecule has 1 heterocycles. The predicted octanol–water partition coefficient (Wildman–Crippen LogP) is 2.07. The van der Waals surface area contributed by atoms with E-state index in [9.17, 15) is 4.79 Å². The van der Waals surface area contributed by atoms with Gasteiger partial charge >= 0.3 is 5.97 Å². The number of oxazole rings is 1. The minimum atomic E-state index is -0.810. The highest BCUT2D eigenvalue weighted by atomic mass is 16.5. The van der Waals surface area contributed by atoms with Crippen molar-refractivity contribution in [2.24, 2.45) is 0 Å². The second-order valence-corrected chi connectivity index (χ2v) is 3.33. The normalized spacial score (nSPS) is 10.5. The standard InChI is InChI=1S/C11H11NO4/c13-11(14)2-1-5-15-8-3-4-10-9(6-8)12-7-16-10/h3-4,6-7H,1-2,5H2,(H,13,14). The zero-order valence-corrected chi connectivity index (χ0v) is 8.55. The summed E-state index contributed by atoms with van der Waals surface area (Å²) < 4.78 is 10.5. The molecule has 0 aliphatic heterocycles. The van der Waals surface area contributed by atoms with Gasteiger partial charge in [0.15, 0.2) is 12.0 Å². The predicted molar refractivity (Wildman–Crippen MR) is 56.4 cm³/mol. The molecule has 0 saturated heterocycles. The molecule has 0 saturated carbocycles. The second kappa shape index (κ2) is 4.65. The Bertz CT molecular complexity index is 491. The van der Waals surface area contributed by atoms with Gasteiger partial charge in [-0.05, 0) is 18.6 Å². The quantitative estimate of drug-likeness (QED) is 0.782. The Morgan fingerprint density at radius 3 is 3.19 bits per heavy atom. The monoisotopic (exact) mass is 221 g/mol. The molecule has 0 radical (unpaired) electrons. The first-order chi connectivity index (χ1) is 7.75. The molecule has 1 N–H and O–H groups in total. The molecular weight excluding hydrogens is 210 g/mol. The van der Waals surface area contributed by atoms with E-state index in [4.69, 9.17) is 14.3 Å². The summed E-state index contributed by atoms with van der Waals surface area (Å²) >= 11 is 0. The molecule has 2 aromatic rings. The summed E-state index contributed by atoms with van der Waals surface area (Å²) in [5.41, 5.74) is 1.44. The smallest absolute Gasteiger partial charge is 0.303 e. The molecule has 0 unspecified atom stereocenters. The van der Waals surface area contributed by atoms with Crippen LogP contribution in [0.2, 0.25) is 0 Å². The Hall–Kier alpha value is -2.04. The van der Waals surface area contributed by atoms with Crippen molar-refractivity contribution in [3.63, 3.8) is 0 Å². The molecule has 0 aliphatic rings. The Morgan fingerprint density at radius 2 is 2.38 bits per heavy atom. The van der Waals surface area contributed by atoms with Gasteiger partial charge in [0.05, 0.1) is 6.61 Å². The van der Waals surface area contributed by atoms with Gasteiger partial charge in [-0.1, -0.05) is 0 Å². The first kappa shape index (κ1) is 10.5. The minimum Gasteiger partial charge on any atom is -0.493 e. The average molecular weight is 221 g/mol. The molecule has 0 aliphatic carbocycles. The van der Waals surface area contributed by atoms with Crippen molar-refractivity contribution in [1.82, 2.24) is 4.98 Å². The Balaban J connectivity index is 1.91. The van der Waals surface area contributed by atoms with Crippen molar-refractivity contribution in [3.05, 3.63) is 24.6 Å². The summed E-state index contributed by atoms with van der Waals surface area (Å²) in [6.45, 7) is 0.385. The highest BCUT2D eigenvalue weighted by Crippen LogP contribution is 2.19. The van der Waals surface area contributed by atoms with Crippen LogP contribution in [0, 0.1) is 0 Å². The van der Waals surface area contributed by atoms with Crippen LogP contribution in [0.5, 0.6) is 5.75 Å². The summed E-state index contributed by atoms with van der Waals surface area (Å²) in [6, 6.07) is 5.31. The first-order valence-electron chi connectivity index (χ1n) is 4.93. The van der Waals surface area contributed by atoms with Crippen LogP contribution >= 0.6 is 0 Å². The van der Waals surface area contributed by atoms with Gasteiger partial charge in [-0.2, -0.15) is 0 Å². The summed E-state index contributed by atoms with van der Waals surface area (Å²) in [4.78, 5) is 14.3. The highest BCUT2D eigenvalue weighted by molar-refractivity contribution is 5.73. The van der Waals surface area contributed by atoms with E-state index in [1.165, 1.54) is 6.39 Å². The molecule has 84 valence electrons. The number of carbonyl (C=O) groups is 1. The number of carboxylic acids is 1. The second-order valence-electron chi connectivity index (χ2n) is 3.33. The molecular formula is C11H11NO4. The first-order valence-corrected chi connectivity index (χ1v) is 4.93. The molecule has 1 aromatic carbocycles. The SMILES string of the molecule is O=C(O)CCCOc1ccc2ocnc2c1. The van der Waals surface area contributed by atoms with E-state index in [-0.39, 0.29) is 6.42 Å². The van der Waals surface area contributed by atoms with E-state index in [2.05, 4.69) is 4.98 Å². The summed E-state index contributed by atoms with van der Waals surface area (Å²) in [5, 5.41) is 8.45. The maximum absolute atomic E-state index is 10.3. The molecule has 5 heteroatoms. The molecule has 0 amide bonds. The van der Waals surface area contributed by atoms with Crippen molar-refractivity contribution in [2.45, 2.75) is 12.8 Å². The van der Waals surface area contributed by atoms with Crippen LogP contribution < -0.4 is 4.74 Å². The van der Waals surface area contributed by atoms with Crippen LogP contribution in [0.25, 0.3) is 11.1 Å². The van der Waals surface area contributed by atoms with Crippen molar-refractivity contribution in [3.8, 4) is 5.75 Å². The maximum Gasteiger partial charge on any atom is 0.303 e. The van der Waals surface area contributed by atoms with E-state index in [0.29, 0.717) is 24.4 Å². The molecule has 0 fully saturated rings. The molecule has 1 aromatic heterocycles. The summed E-state index contributed by atoms with van der Waals surface area (Å²) in [7, 11) is 0. The van der Waals surface area contributed by atoms with E-state index in [0.717, 1.165) is 5.52 Å². The zero-order chi connectivity index (χ0) is 11.4. The third-order valence-electron chi connectivity index (χ3n) is 2.11. The van der Waals surface area contributed by atoms with Gasteiger partial charge in [0.1, 0.15) is 11.3 Å². The van der Waals surface area contributed by atoms with E-state index in [1.807, 2.05) is 0 Å². The fraction of sp³-hybridized carbons (Fsp3) is 0.273. The number of aromatic nitrogens is 1. The lowest BCUT2D eigenvalue weighted by atomic mass is 10.3. The third-order valence-corrected chi connectivity index (χ3v) is 2.11. The topological polar surface area (TPSA) is 72.6 Å². The largest absolute Gasteiger partial charge is 0.493 e. The fourth-order valence-electron chi connectivity index (χ4n) is 1.34. The van der Waals surface area contributed by atoms with Gasteiger partial charge in [-0.3, -0.25) is 4.79 Å². The number of carboxylic acid groups (broad SMARTS) is 1. The molecule has 0 bridgehead atoms. The summed E-state index contributed by atoms with van der Waals surface area (Å²) in [6.07, 6.45) is 1.98. The van der Waals surface area contributed by atoms with Gasteiger partial charge in [0, 0.05) is 12.5 Å². The number of benzene rings is 1. The van der Waals surface area contributed by atoms with Crippen molar-refractivity contribution >= 4 is 17.1 Å². The van der Waals surface area contributed by atoms with Crippen LogP contribution in [0.15, 0.2) is 29.0 Å². The van der Waals surface area contributed by atoms with Crippen molar-refractivity contribution in [1.29, 1.82) is 0 Å². The van der Waals surface area contributed by atoms with E-state index in [1.54, 1.807) is 18.2 Å². The fourth-order valence-corrected chi connectivity index (χ4v) is 1.34. The van der Waals surface area contributed by atoms with Gasteiger partial charge in [-0.15, -0.1) is 0 Å². The van der Waals surface area contributed by atoms with Gasteiger partial charge in [0.25, 0.3) is 0 Å². The number of hydrogen-bond acceptors (Lipinski definition) is 4. The van der Waals surface area contributed by atoms with Gasteiger partial charge < -0.3 is 14.3 Å². The van der Waals surface area contributed by atoms with Gasteiger partial charge in [-0.25, -0.2) is 4.98 Å². The molecule has 2 rings (SSSR count). The summed E-state index contributed by atoms with van der Waals surface area (Å²) in [5.74, 6) is -0.137. The van der Waals surface area contributed by atoms with Crippen LogP contribution in [0.3, 0.4) is 0 Å². The Morgan fingerprint density at radius 1 is 1.50 bits per heavy atom. The number of fused-ring (bicyclic) bond motifs is 1.